The molecule has 0 radical (unpaired) electrons. The topological polar surface area (TPSA) is 110 Å². The van der Waals surface area contributed by atoms with E-state index < -0.39 is 35.0 Å². The van der Waals surface area contributed by atoms with Crippen LogP contribution < -0.4 is 16.1 Å². The first-order valence-corrected chi connectivity index (χ1v) is 11.8. The van der Waals surface area contributed by atoms with Crippen molar-refractivity contribution in [3.05, 3.63) is 74.8 Å². The number of hydrogen-bond donors (Lipinski definition) is 2. The van der Waals surface area contributed by atoms with E-state index in [1.807, 2.05) is 30.3 Å². The molecule has 8 nitrogen and oxygen atoms in total. The van der Waals surface area contributed by atoms with Crippen LogP contribution in [0.3, 0.4) is 0 Å². The molecule has 0 amide bonds. The number of carboxylic acids is 1. The Balaban J connectivity index is 1.53. The SMILES string of the molecule is NCC1CN(c2c(F)cc3c(=O)c(C(=O)O)cn([C@@H]4C[C@@H]4F)c3c2Cl)C/C1=N/OCc1ccccc1. The van der Waals surface area contributed by atoms with Gasteiger partial charge >= 0.3 is 5.97 Å². The number of fused-ring (bicyclic) bond motifs is 1. The van der Waals surface area contributed by atoms with Gasteiger partial charge in [-0.15, -0.1) is 0 Å². The number of benzene rings is 2. The number of alkyl halides is 1. The van der Waals surface area contributed by atoms with Crippen molar-refractivity contribution in [2.45, 2.75) is 25.2 Å². The van der Waals surface area contributed by atoms with Crippen LogP contribution in [0.2, 0.25) is 5.02 Å². The number of carboxylic acid groups (broad SMARTS) is 1. The monoisotopic (exact) mass is 516 g/mol. The highest BCUT2D eigenvalue weighted by molar-refractivity contribution is 6.38. The number of carbonyl (C=O) groups is 1. The Labute approximate surface area is 209 Å². The molecule has 0 spiro atoms. The lowest BCUT2D eigenvalue weighted by Gasteiger charge is -2.22. The third kappa shape index (κ3) is 4.31. The Morgan fingerprint density at radius 3 is 2.67 bits per heavy atom. The minimum atomic E-state index is -1.48. The summed E-state index contributed by atoms with van der Waals surface area (Å²) in [6, 6.07) is 9.78. The maximum absolute atomic E-state index is 15.4. The van der Waals surface area contributed by atoms with Crippen molar-refractivity contribution in [2.24, 2.45) is 16.8 Å². The molecule has 1 saturated carbocycles. The molecule has 2 aromatic carbocycles. The molecule has 36 heavy (non-hydrogen) atoms. The second-order valence-electron chi connectivity index (χ2n) is 8.98. The number of oxime groups is 1. The first-order chi connectivity index (χ1) is 17.3. The molecule has 2 aliphatic rings. The van der Waals surface area contributed by atoms with E-state index in [1.54, 1.807) is 4.90 Å². The predicted octanol–water partition coefficient (Wildman–Crippen LogP) is 3.74. The molecule has 1 aliphatic heterocycles. The Hall–Kier alpha value is -3.50. The van der Waals surface area contributed by atoms with Gasteiger partial charge in [-0.1, -0.05) is 47.1 Å². The fourth-order valence-corrected chi connectivity index (χ4v) is 4.99. The lowest BCUT2D eigenvalue weighted by molar-refractivity contribution is 0.0694. The first kappa shape index (κ1) is 24.2. The average molecular weight is 517 g/mol. The van der Waals surface area contributed by atoms with Gasteiger partial charge in [0.1, 0.15) is 24.2 Å². The van der Waals surface area contributed by atoms with Gasteiger partial charge in [0.25, 0.3) is 0 Å². The van der Waals surface area contributed by atoms with E-state index in [9.17, 15) is 19.1 Å². The zero-order chi connectivity index (χ0) is 25.6. The van der Waals surface area contributed by atoms with Gasteiger partial charge in [0.15, 0.2) is 0 Å². The Morgan fingerprint density at radius 1 is 1.31 bits per heavy atom. The van der Waals surface area contributed by atoms with Crippen molar-refractivity contribution < 1.29 is 23.5 Å². The first-order valence-electron chi connectivity index (χ1n) is 11.4. The zero-order valence-electron chi connectivity index (χ0n) is 19.0. The molecule has 188 valence electrons. The minimum absolute atomic E-state index is 0.0168. The van der Waals surface area contributed by atoms with Crippen LogP contribution in [0.15, 0.2) is 52.5 Å². The van der Waals surface area contributed by atoms with Gasteiger partial charge in [0.05, 0.1) is 39.9 Å². The number of halogens is 3. The molecular formula is C25H23ClF2N4O4. The van der Waals surface area contributed by atoms with Crippen LogP contribution in [0.4, 0.5) is 14.5 Å². The lowest BCUT2D eigenvalue weighted by atomic mass is 10.1. The van der Waals surface area contributed by atoms with Crippen LogP contribution in [0.1, 0.15) is 28.4 Å². The van der Waals surface area contributed by atoms with Gasteiger partial charge in [-0.2, -0.15) is 0 Å². The minimum Gasteiger partial charge on any atom is -0.477 e. The third-order valence-electron chi connectivity index (χ3n) is 6.57. The number of aromatic carboxylic acids is 1. The Morgan fingerprint density at radius 2 is 2.03 bits per heavy atom. The van der Waals surface area contributed by atoms with Crippen molar-refractivity contribution in [3.63, 3.8) is 0 Å². The standard InChI is InChI=1S/C25H23ClF2N4O4/c26-21-22-15(24(33)16(25(34)35)10-32(22)20-7-17(20)27)6-18(28)23(21)31-9-14(8-29)19(11-31)30-36-12-13-4-2-1-3-5-13/h1-6,10,14,17,20H,7-9,11-12,29H2,(H,34,35)/b30-19-/t14?,17-,20+/m0/s1. The van der Waals surface area contributed by atoms with Crippen LogP contribution >= 0.6 is 11.6 Å². The number of nitrogens with zero attached hydrogens (tertiary/aromatic N) is 3. The largest absolute Gasteiger partial charge is 0.477 e. The molecule has 1 aliphatic carbocycles. The third-order valence-corrected chi connectivity index (χ3v) is 6.93. The molecule has 3 aromatic rings. The van der Waals surface area contributed by atoms with Gasteiger partial charge in [0.2, 0.25) is 5.43 Å². The fraction of sp³-hybridized carbons (Fsp3) is 0.320. The summed E-state index contributed by atoms with van der Waals surface area (Å²) in [4.78, 5) is 31.5. The van der Waals surface area contributed by atoms with Crippen LogP contribution in [-0.4, -0.2) is 47.2 Å². The average Bonchev–Trinajstić information content (AvgIpc) is 3.44. The Bertz CT molecular complexity index is 1430. The molecule has 1 aromatic heterocycles. The normalized spacial score (nSPS) is 22.4. The van der Waals surface area contributed by atoms with Gasteiger partial charge in [-0.25, -0.2) is 13.6 Å². The van der Waals surface area contributed by atoms with Gasteiger partial charge in [-0.05, 0) is 11.6 Å². The number of hydrogen-bond acceptors (Lipinski definition) is 6. The maximum Gasteiger partial charge on any atom is 0.341 e. The Kier molecular flexibility index (Phi) is 6.40. The fourth-order valence-electron chi connectivity index (χ4n) is 4.58. The summed E-state index contributed by atoms with van der Waals surface area (Å²) in [5.74, 6) is -2.50. The van der Waals surface area contributed by atoms with Crippen LogP contribution in [0.5, 0.6) is 0 Å². The highest BCUT2D eigenvalue weighted by Crippen LogP contribution is 2.44. The van der Waals surface area contributed by atoms with Crippen molar-refractivity contribution in [2.75, 3.05) is 24.5 Å². The maximum atomic E-state index is 15.4. The molecule has 1 unspecified atom stereocenters. The lowest BCUT2D eigenvalue weighted by Crippen LogP contribution is -2.25. The summed E-state index contributed by atoms with van der Waals surface area (Å²) in [5.41, 5.74) is 6.16. The summed E-state index contributed by atoms with van der Waals surface area (Å²) < 4.78 is 30.7. The van der Waals surface area contributed by atoms with E-state index >= 15 is 4.39 Å². The summed E-state index contributed by atoms with van der Waals surface area (Å²) >= 11 is 6.66. The van der Waals surface area contributed by atoms with Gasteiger partial charge in [0, 0.05) is 31.6 Å². The number of aromatic nitrogens is 1. The molecule has 1 saturated heterocycles. The molecule has 11 heteroatoms. The zero-order valence-corrected chi connectivity index (χ0v) is 19.8. The smallest absolute Gasteiger partial charge is 0.341 e. The van der Waals surface area contributed by atoms with Crippen molar-refractivity contribution in [1.29, 1.82) is 0 Å². The second kappa shape index (κ2) is 9.51. The number of nitrogens with two attached hydrogens (primary N) is 1. The van der Waals surface area contributed by atoms with Crippen molar-refractivity contribution in [1.82, 2.24) is 4.57 Å². The van der Waals surface area contributed by atoms with Crippen LogP contribution in [-0.2, 0) is 11.4 Å². The molecule has 3 N–H and O–H groups in total. The van der Waals surface area contributed by atoms with E-state index in [1.165, 1.54) is 4.57 Å². The molecule has 2 heterocycles. The molecule has 3 atom stereocenters. The number of anilines is 1. The van der Waals surface area contributed by atoms with E-state index in [4.69, 9.17) is 22.2 Å². The van der Waals surface area contributed by atoms with Crippen molar-refractivity contribution in [3.8, 4) is 0 Å². The summed E-state index contributed by atoms with van der Waals surface area (Å²) in [5, 5.41) is 13.4. The van der Waals surface area contributed by atoms with Gasteiger partial charge in [-0.3, -0.25) is 4.79 Å². The molecule has 2 fully saturated rings. The summed E-state index contributed by atoms with van der Waals surface area (Å²) in [7, 11) is 0. The molecule has 0 bridgehead atoms. The van der Waals surface area contributed by atoms with Crippen LogP contribution in [0.25, 0.3) is 10.9 Å². The number of rotatable bonds is 7. The van der Waals surface area contributed by atoms with E-state index in [2.05, 4.69) is 5.16 Å². The summed E-state index contributed by atoms with van der Waals surface area (Å²) in [6.45, 7) is 0.996. The van der Waals surface area contributed by atoms with Crippen molar-refractivity contribution >= 4 is 39.9 Å². The van der Waals surface area contributed by atoms with E-state index in [0.717, 1.165) is 17.8 Å². The van der Waals surface area contributed by atoms with E-state index in [0.29, 0.717) is 12.3 Å². The number of pyridine rings is 1. The highest BCUT2D eigenvalue weighted by Gasteiger charge is 2.41. The quantitative estimate of drug-likeness (QED) is 0.463. The van der Waals surface area contributed by atoms with Crippen LogP contribution in [0, 0.1) is 11.7 Å². The molecular weight excluding hydrogens is 494 g/mol. The second-order valence-corrected chi connectivity index (χ2v) is 9.35. The predicted molar refractivity (Wildman–Crippen MR) is 132 cm³/mol. The highest BCUT2D eigenvalue weighted by atomic mass is 35.5. The van der Waals surface area contributed by atoms with E-state index in [-0.39, 0.29) is 53.6 Å². The van der Waals surface area contributed by atoms with Gasteiger partial charge < -0.3 is 25.1 Å². The summed E-state index contributed by atoms with van der Waals surface area (Å²) in [6.07, 6.45) is 0.0203. The molecule has 5 rings (SSSR count).